The number of esters is 1. The van der Waals surface area contributed by atoms with Gasteiger partial charge in [0.1, 0.15) is 6.61 Å². The number of para-hydroxylation sites is 1. The molecule has 0 radical (unpaired) electrons. The smallest absolute Gasteiger partial charge is 0.367 e. The Kier molecular flexibility index (Phi) is 5.30. The van der Waals surface area contributed by atoms with Crippen molar-refractivity contribution in [3.05, 3.63) is 71.4 Å². The number of amides is 1. The van der Waals surface area contributed by atoms with Crippen LogP contribution in [0.3, 0.4) is 0 Å². The zero-order chi connectivity index (χ0) is 24.1. The summed E-state index contributed by atoms with van der Waals surface area (Å²) < 4.78 is 7.11. The highest BCUT2D eigenvalue weighted by Crippen LogP contribution is 2.52. The van der Waals surface area contributed by atoms with Gasteiger partial charge in [0.2, 0.25) is 5.91 Å². The Bertz CT molecular complexity index is 1300. The highest BCUT2D eigenvalue weighted by Gasteiger charge is 2.60. The van der Waals surface area contributed by atoms with Crippen LogP contribution in [0.5, 0.6) is 0 Å². The molecule has 2 aromatic carbocycles. The van der Waals surface area contributed by atoms with Crippen molar-refractivity contribution in [3.8, 4) is 0 Å². The maximum Gasteiger partial charge on any atom is 0.367 e. The Morgan fingerprint density at radius 2 is 1.76 bits per heavy atom. The molecule has 1 amide bonds. The summed E-state index contributed by atoms with van der Waals surface area (Å²) in [7, 11) is 1.23. The van der Waals surface area contributed by atoms with Gasteiger partial charge in [0.25, 0.3) is 11.6 Å². The lowest BCUT2D eigenvalue weighted by Gasteiger charge is -2.36. The summed E-state index contributed by atoms with van der Waals surface area (Å²) >= 11 is 0. The Labute approximate surface area is 196 Å². The van der Waals surface area contributed by atoms with Crippen LogP contribution in [0.4, 0.5) is 0 Å². The largest absolute Gasteiger partial charge is 0.457 e. The molecular formula is C26H26N2O6. The van der Waals surface area contributed by atoms with Gasteiger partial charge in [-0.1, -0.05) is 55.5 Å². The molecule has 34 heavy (non-hydrogen) atoms. The van der Waals surface area contributed by atoms with E-state index in [0.29, 0.717) is 34.5 Å². The maximum absolute atomic E-state index is 13.6. The quantitative estimate of drug-likeness (QED) is 0.584. The summed E-state index contributed by atoms with van der Waals surface area (Å²) in [5.74, 6) is -1.74. The van der Waals surface area contributed by atoms with Gasteiger partial charge in [-0.25, -0.2) is 4.79 Å². The van der Waals surface area contributed by atoms with Crippen molar-refractivity contribution >= 4 is 28.7 Å². The van der Waals surface area contributed by atoms with E-state index in [1.54, 1.807) is 41.0 Å². The summed E-state index contributed by atoms with van der Waals surface area (Å²) in [6.07, 6.45) is 1.23. The van der Waals surface area contributed by atoms with E-state index >= 15 is 0 Å². The van der Waals surface area contributed by atoms with E-state index in [1.165, 1.54) is 7.11 Å². The second-order valence-corrected chi connectivity index (χ2v) is 8.89. The first kappa shape index (κ1) is 22.3. The van der Waals surface area contributed by atoms with Crippen molar-refractivity contribution in [3.63, 3.8) is 0 Å². The van der Waals surface area contributed by atoms with E-state index in [2.05, 4.69) is 0 Å². The van der Waals surface area contributed by atoms with Crippen LogP contribution >= 0.6 is 0 Å². The van der Waals surface area contributed by atoms with Crippen molar-refractivity contribution < 1.29 is 29.1 Å². The summed E-state index contributed by atoms with van der Waals surface area (Å²) in [6.45, 7) is 1.85. The lowest BCUT2D eigenvalue weighted by atomic mass is 9.71. The zero-order valence-corrected chi connectivity index (χ0v) is 19.1. The summed E-state index contributed by atoms with van der Waals surface area (Å²) in [5, 5.41) is 13.3. The molecule has 0 bridgehead atoms. The Hall–Kier alpha value is -3.49. The summed E-state index contributed by atoms with van der Waals surface area (Å²) in [4.78, 5) is 45.5. The number of hydrogen-bond acceptors (Lipinski definition) is 6. The van der Waals surface area contributed by atoms with Gasteiger partial charge >= 0.3 is 5.97 Å². The van der Waals surface area contributed by atoms with E-state index in [9.17, 15) is 19.5 Å². The van der Waals surface area contributed by atoms with Crippen LogP contribution in [-0.4, -0.2) is 39.6 Å². The van der Waals surface area contributed by atoms with Gasteiger partial charge < -0.3 is 9.84 Å². The van der Waals surface area contributed by atoms with Gasteiger partial charge in [-0.3, -0.25) is 19.0 Å². The molecule has 0 aliphatic carbocycles. The number of carbonyl (C=O) groups is 3. The third-order valence-electron chi connectivity index (χ3n) is 7.16. The fourth-order valence-corrected chi connectivity index (χ4v) is 5.46. The number of fused-ring (bicyclic) bond motifs is 3. The van der Waals surface area contributed by atoms with Gasteiger partial charge in [-0.15, -0.1) is 0 Å². The van der Waals surface area contributed by atoms with E-state index in [4.69, 9.17) is 9.57 Å². The van der Waals surface area contributed by atoms with E-state index < -0.39 is 23.0 Å². The maximum atomic E-state index is 13.6. The van der Waals surface area contributed by atoms with Crippen LogP contribution in [-0.2, 0) is 36.9 Å². The van der Waals surface area contributed by atoms with Crippen LogP contribution in [0.15, 0.2) is 54.6 Å². The molecule has 0 saturated carbocycles. The molecule has 0 fully saturated rings. The average molecular weight is 463 g/mol. The topological polar surface area (TPSA) is 98.1 Å². The number of carbonyl (C=O) groups excluding carboxylic acids is 3. The summed E-state index contributed by atoms with van der Waals surface area (Å²) in [5.41, 5.74) is -1.35. The molecule has 0 spiro atoms. The average Bonchev–Trinajstić information content (AvgIpc) is 3.18. The monoisotopic (exact) mass is 462 g/mol. The number of hydrogen-bond donors (Lipinski definition) is 1. The predicted octanol–water partition coefficient (Wildman–Crippen LogP) is 3.41. The molecule has 1 N–H and O–H groups in total. The molecule has 3 heterocycles. The lowest BCUT2D eigenvalue weighted by molar-refractivity contribution is -0.273. The third kappa shape index (κ3) is 3.02. The van der Waals surface area contributed by atoms with E-state index in [1.807, 2.05) is 25.1 Å². The van der Waals surface area contributed by atoms with Crippen LogP contribution < -0.4 is 0 Å². The first-order valence-corrected chi connectivity index (χ1v) is 11.4. The molecule has 2 atom stereocenters. The highest BCUT2D eigenvalue weighted by atomic mass is 16.7. The van der Waals surface area contributed by atoms with Crippen molar-refractivity contribution in [1.29, 1.82) is 0 Å². The molecule has 3 aromatic rings. The molecule has 176 valence electrons. The van der Waals surface area contributed by atoms with E-state index in [0.717, 1.165) is 5.56 Å². The van der Waals surface area contributed by atoms with Crippen LogP contribution in [0.1, 0.15) is 54.2 Å². The number of ether oxygens (including phenoxy) is 1. The first-order chi connectivity index (χ1) is 16.4. The second kappa shape index (κ2) is 8.07. The fourth-order valence-electron chi connectivity index (χ4n) is 5.46. The van der Waals surface area contributed by atoms with Gasteiger partial charge in [0.05, 0.1) is 12.6 Å². The molecule has 8 nitrogen and oxygen atoms in total. The number of aromatic nitrogens is 1. The lowest BCUT2D eigenvalue weighted by Crippen LogP contribution is -2.54. The molecular weight excluding hydrogens is 436 g/mol. The zero-order valence-electron chi connectivity index (χ0n) is 19.1. The fraction of sp³-hybridized carbons (Fsp3) is 0.346. The van der Waals surface area contributed by atoms with Crippen molar-refractivity contribution in [2.24, 2.45) is 0 Å². The minimum atomic E-state index is -2.57. The van der Waals surface area contributed by atoms with Gasteiger partial charge in [0, 0.05) is 34.9 Å². The van der Waals surface area contributed by atoms with Crippen molar-refractivity contribution in [2.45, 2.75) is 50.4 Å². The van der Waals surface area contributed by atoms with Gasteiger partial charge in [0.15, 0.2) is 0 Å². The first-order valence-electron chi connectivity index (χ1n) is 11.4. The Morgan fingerprint density at radius 3 is 2.47 bits per heavy atom. The normalized spacial score (nSPS) is 24.1. The highest BCUT2D eigenvalue weighted by molar-refractivity contribution is 6.02. The minimum Gasteiger partial charge on any atom is -0.457 e. The number of hydroxylamine groups is 2. The third-order valence-corrected chi connectivity index (χ3v) is 7.16. The Morgan fingerprint density at radius 1 is 1.06 bits per heavy atom. The van der Waals surface area contributed by atoms with Gasteiger partial charge in [-0.05, 0) is 24.5 Å². The van der Waals surface area contributed by atoms with Crippen LogP contribution in [0, 0.1) is 0 Å². The van der Waals surface area contributed by atoms with Crippen molar-refractivity contribution in [2.75, 3.05) is 7.11 Å². The number of benzene rings is 2. The summed E-state index contributed by atoms with van der Waals surface area (Å²) in [6, 6.07) is 16.1. The number of rotatable bonds is 5. The molecule has 2 aliphatic rings. The molecule has 0 saturated heterocycles. The standard InChI is InChI=1S/C26H26N2O6/c1-3-25-14-13-20(29)27-19-12-8-7-11-18(19)22(23(25)27)26(32,28(33-2)21(30)15-25)24(31)34-16-17-9-5-4-6-10-17/h4-12,32H,3,13-16H2,1-2H3/t25-,26+/m1/s1. The SMILES string of the molecule is CC[C@]12CCC(=O)n3c1c(c1ccccc13)[C@](O)(C(=O)OCc1ccccc1)N(OC)C(=O)C2. The van der Waals surface area contributed by atoms with Crippen molar-refractivity contribution in [1.82, 2.24) is 9.63 Å². The molecule has 5 rings (SSSR count). The van der Waals surface area contributed by atoms with Gasteiger partial charge in [-0.2, -0.15) is 5.06 Å². The molecule has 8 heteroatoms. The number of nitrogens with zero attached hydrogens (tertiary/aromatic N) is 2. The molecule has 0 unspecified atom stereocenters. The Balaban J connectivity index is 1.77. The van der Waals surface area contributed by atoms with E-state index in [-0.39, 0.29) is 30.9 Å². The predicted molar refractivity (Wildman–Crippen MR) is 122 cm³/mol. The second-order valence-electron chi connectivity index (χ2n) is 8.89. The van der Waals surface area contributed by atoms with Crippen LogP contribution in [0.2, 0.25) is 0 Å². The van der Waals surface area contributed by atoms with Crippen LogP contribution in [0.25, 0.3) is 10.9 Å². The molecule has 2 aliphatic heterocycles. The number of aliphatic hydroxyl groups is 1. The minimum absolute atomic E-state index is 0.0117. The molecule has 1 aromatic heterocycles.